The molecule has 5 rings (SSSR count). The zero-order valence-corrected chi connectivity index (χ0v) is 20.3. The van der Waals surface area contributed by atoms with Crippen molar-refractivity contribution in [1.82, 2.24) is 10.2 Å². The average Bonchev–Trinajstić information content (AvgIpc) is 3.39. The Morgan fingerprint density at radius 3 is 2.54 bits per heavy atom. The lowest BCUT2D eigenvalue weighted by Gasteiger charge is -2.37. The van der Waals surface area contributed by atoms with Crippen LogP contribution in [0.5, 0.6) is 11.5 Å². The number of anilines is 1. The normalized spacial score (nSPS) is 19.5. The fraction of sp³-hybridized carbons (Fsp3) is 0.333. The molecule has 11 heteroatoms. The van der Waals surface area contributed by atoms with Crippen molar-refractivity contribution in [3.8, 4) is 11.5 Å². The van der Waals surface area contributed by atoms with Crippen molar-refractivity contribution in [1.29, 1.82) is 0 Å². The molecule has 0 aliphatic carbocycles. The van der Waals surface area contributed by atoms with Crippen molar-refractivity contribution in [2.45, 2.75) is 19.4 Å². The zero-order chi connectivity index (χ0) is 24.7. The summed E-state index contributed by atoms with van der Waals surface area (Å²) >= 11 is 7.26. The number of carbonyl (C=O) groups excluding carboxylic acids is 2. The molecule has 35 heavy (non-hydrogen) atoms. The van der Waals surface area contributed by atoms with Gasteiger partial charge in [-0.05, 0) is 47.7 Å². The molecule has 3 aliphatic rings. The highest BCUT2D eigenvalue weighted by atomic mass is 35.5. The maximum atomic E-state index is 14.1. The molecule has 0 atom stereocenters. The number of hydrogen-bond donors (Lipinski definition) is 1. The van der Waals surface area contributed by atoms with Gasteiger partial charge >= 0.3 is 0 Å². The van der Waals surface area contributed by atoms with Crippen LogP contribution in [0, 0.1) is 0 Å². The maximum Gasteiger partial charge on any atom is 0.290 e. The first-order valence-electron chi connectivity index (χ1n) is 11.0. The third kappa shape index (κ3) is 5.10. The number of benzene rings is 2. The van der Waals surface area contributed by atoms with Crippen LogP contribution in [0.4, 0.5) is 19.3 Å². The van der Waals surface area contributed by atoms with Crippen LogP contribution in [0.1, 0.15) is 23.6 Å². The summed E-state index contributed by atoms with van der Waals surface area (Å²) in [7, 11) is 0. The molecular formula is C24H22ClF2N3O4S. The van der Waals surface area contributed by atoms with Crippen LogP contribution < -0.4 is 19.7 Å². The molecule has 2 aromatic rings. The first-order chi connectivity index (χ1) is 16.7. The Hall–Kier alpha value is -2.82. The van der Waals surface area contributed by atoms with Crippen molar-refractivity contribution < 1.29 is 27.8 Å². The number of rotatable bonds is 5. The number of nitrogens with zero attached hydrogens (tertiary/aromatic N) is 2. The van der Waals surface area contributed by atoms with E-state index in [2.05, 4.69) is 10.2 Å². The number of thioether (sulfide) groups is 1. The van der Waals surface area contributed by atoms with E-state index in [0.29, 0.717) is 24.3 Å². The Morgan fingerprint density at radius 2 is 1.86 bits per heavy atom. The number of carbonyl (C=O) groups is 2. The molecule has 2 aromatic carbocycles. The Kier molecular flexibility index (Phi) is 6.37. The zero-order valence-electron chi connectivity index (χ0n) is 18.8. The van der Waals surface area contributed by atoms with Gasteiger partial charge in [0.05, 0.1) is 15.6 Å². The largest absolute Gasteiger partial charge is 0.454 e. The first kappa shape index (κ1) is 23.9. The van der Waals surface area contributed by atoms with Gasteiger partial charge in [-0.3, -0.25) is 19.8 Å². The fourth-order valence-electron chi connectivity index (χ4n) is 4.31. The third-order valence-corrected chi connectivity index (χ3v) is 7.16. The minimum atomic E-state index is -3.11. The van der Waals surface area contributed by atoms with Gasteiger partial charge in [0, 0.05) is 50.8 Å². The van der Waals surface area contributed by atoms with Gasteiger partial charge in [0.15, 0.2) is 11.5 Å². The van der Waals surface area contributed by atoms with E-state index < -0.39 is 17.1 Å². The van der Waals surface area contributed by atoms with Crippen molar-refractivity contribution in [2.24, 2.45) is 0 Å². The predicted molar refractivity (Wildman–Crippen MR) is 130 cm³/mol. The topological polar surface area (TPSA) is 71.1 Å². The number of nitrogens with one attached hydrogen (secondary N) is 1. The van der Waals surface area contributed by atoms with Crippen LogP contribution in [-0.4, -0.2) is 49.0 Å². The smallest absolute Gasteiger partial charge is 0.290 e. The summed E-state index contributed by atoms with van der Waals surface area (Å²) in [5.41, 5.74) is 1.80. The van der Waals surface area contributed by atoms with E-state index in [1.807, 2.05) is 23.1 Å². The highest BCUT2D eigenvalue weighted by Gasteiger charge is 2.30. The van der Waals surface area contributed by atoms with Crippen molar-refractivity contribution >= 4 is 46.3 Å². The number of amides is 2. The lowest BCUT2D eigenvalue weighted by molar-refractivity contribution is -0.115. The molecule has 3 heterocycles. The lowest BCUT2D eigenvalue weighted by Crippen LogP contribution is -2.46. The van der Waals surface area contributed by atoms with Gasteiger partial charge in [0.25, 0.3) is 17.1 Å². The second-order valence-corrected chi connectivity index (χ2v) is 10.0. The number of hydrogen-bond acceptors (Lipinski definition) is 7. The van der Waals surface area contributed by atoms with Gasteiger partial charge in [-0.25, -0.2) is 8.78 Å². The summed E-state index contributed by atoms with van der Waals surface area (Å²) in [6, 6.07) is 8.50. The number of alkyl halides is 2. The van der Waals surface area contributed by atoms with E-state index in [9.17, 15) is 18.4 Å². The molecule has 0 aromatic heterocycles. The first-order valence-corrected chi connectivity index (χ1v) is 12.2. The SMILES string of the molecule is CC(F)(F)c1cc(Cl)c(N2CCN(Cc3ccc4c(c3)OCO4)CC2)c(C=C2SC(=O)NC2=O)c1. The molecule has 0 radical (unpaired) electrons. The summed E-state index contributed by atoms with van der Waals surface area (Å²) in [5.74, 6) is -2.18. The van der Waals surface area contributed by atoms with E-state index in [1.54, 1.807) is 0 Å². The van der Waals surface area contributed by atoms with Crippen LogP contribution in [0.2, 0.25) is 5.02 Å². The van der Waals surface area contributed by atoms with Crippen molar-refractivity contribution in [3.63, 3.8) is 0 Å². The Bertz CT molecular complexity index is 1230. The van der Waals surface area contributed by atoms with Crippen LogP contribution in [0.3, 0.4) is 0 Å². The lowest BCUT2D eigenvalue weighted by atomic mass is 10.0. The van der Waals surface area contributed by atoms with Gasteiger partial charge in [-0.15, -0.1) is 0 Å². The predicted octanol–water partition coefficient (Wildman–Crippen LogP) is 4.83. The van der Waals surface area contributed by atoms with Crippen molar-refractivity contribution in [3.05, 3.63) is 56.9 Å². The molecule has 0 bridgehead atoms. The Labute approximate surface area is 210 Å². The highest BCUT2D eigenvalue weighted by molar-refractivity contribution is 8.18. The Balaban J connectivity index is 1.37. The van der Waals surface area contributed by atoms with E-state index in [0.717, 1.165) is 55.4 Å². The number of piperazine rings is 1. The quantitative estimate of drug-likeness (QED) is 0.565. The standard InChI is InChI=1S/C24H22ClF2N3O4S/c1-24(26,27)16-9-15(10-20-22(31)28-23(32)35-20)21(17(25)11-16)30-6-4-29(5-7-30)12-14-2-3-18-19(8-14)34-13-33-18/h2-3,8-11H,4-7,12-13H2,1H3,(H,28,31,32). The summed E-state index contributed by atoms with van der Waals surface area (Å²) in [6.07, 6.45) is 1.46. The van der Waals surface area contributed by atoms with Crippen LogP contribution in [0.25, 0.3) is 6.08 Å². The molecule has 1 N–H and O–H groups in total. The number of halogens is 3. The monoisotopic (exact) mass is 521 g/mol. The molecular weight excluding hydrogens is 500 g/mol. The number of ether oxygens (including phenoxy) is 2. The molecule has 2 amide bonds. The molecule has 0 saturated carbocycles. The fourth-order valence-corrected chi connectivity index (χ4v) is 5.33. The van der Waals surface area contributed by atoms with Crippen LogP contribution in [-0.2, 0) is 17.3 Å². The number of fused-ring (bicyclic) bond motifs is 1. The molecule has 7 nitrogen and oxygen atoms in total. The van der Waals surface area contributed by atoms with E-state index in [1.165, 1.54) is 18.2 Å². The molecule has 0 unspecified atom stereocenters. The summed E-state index contributed by atoms with van der Waals surface area (Å²) in [5, 5.41) is 1.87. The van der Waals surface area contributed by atoms with Gasteiger partial charge in [0.1, 0.15) is 0 Å². The second kappa shape index (κ2) is 9.33. The van der Waals surface area contributed by atoms with E-state index in [-0.39, 0.29) is 22.3 Å². The second-order valence-electron chi connectivity index (χ2n) is 8.59. The van der Waals surface area contributed by atoms with E-state index >= 15 is 0 Å². The molecule has 184 valence electrons. The van der Waals surface area contributed by atoms with Crippen molar-refractivity contribution in [2.75, 3.05) is 37.9 Å². The summed E-state index contributed by atoms with van der Waals surface area (Å²) < 4.78 is 39.1. The average molecular weight is 522 g/mol. The molecule has 0 spiro atoms. The summed E-state index contributed by atoms with van der Waals surface area (Å²) in [6.45, 7) is 4.43. The van der Waals surface area contributed by atoms with Gasteiger partial charge in [-0.1, -0.05) is 17.7 Å². The van der Waals surface area contributed by atoms with Crippen LogP contribution >= 0.6 is 23.4 Å². The highest BCUT2D eigenvalue weighted by Crippen LogP contribution is 2.40. The van der Waals surface area contributed by atoms with Gasteiger partial charge in [0.2, 0.25) is 6.79 Å². The molecule has 2 fully saturated rings. The maximum absolute atomic E-state index is 14.1. The third-order valence-electron chi connectivity index (χ3n) is 6.06. The van der Waals surface area contributed by atoms with Gasteiger partial charge in [-0.2, -0.15) is 0 Å². The minimum Gasteiger partial charge on any atom is -0.454 e. The van der Waals surface area contributed by atoms with E-state index in [4.69, 9.17) is 21.1 Å². The number of imide groups is 1. The summed E-state index contributed by atoms with van der Waals surface area (Å²) in [4.78, 5) is 28.1. The minimum absolute atomic E-state index is 0.144. The van der Waals surface area contributed by atoms with Gasteiger partial charge < -0.3 is 14.4 Å². The molecule has 3 aliphatic heterocycles. The van der Waals surface area contributed by atoms with Crippen LogP contribution in [0.15, 0.2) is 35.2 Å². The Morgan fingerprint density at radius 1 is 1.11 bits per heavy atom. The molecule has 2 saturated heterocycles.